The molecule has 0 aliphatic carbocycles. The van der Waals surface area contributed by atoms with E-state index in [1.807, 2.05) is 0 Å². The fraction of sp³-hybridized carbons (Fsp3) is 0.889. The third-order valence-corrected chi connectivity index (χ3v) is 4.88. The maximum atomic E-state index is 11.4. The number of amides is 2. The van der Waals surface area contributed by atoms with Gasteiger partial charge < -0.3 is 40.2 Å². The minimum absolute atomic E-state index is 0. The van der Waals surface area contributed by atoms with Crippen molar-refractivity contribution in [2.75, 3.05) is 53.6 Å². The number of carbonyl (C=O) groups excluding carboxylic acids is 2. The van der Waals surface area contributed by atoms with E-state index in [9.17, 15) is 9.59 Å². The minimum atomic E-state index is -0.276. The Morgan fingerprint density at radius 2 is 1.17 bits per heavy atom. The highest BCUT2D eigenvalue weighted by atomic mass is 35.5. The fourth-order valence-corrected chi connectivity index (χ4v) is 3.13. The Morgan fingerprint density at radius 1 is 0.828 bits per heavy atom. The predicted molar refractivity (Wildman–Crippen MR) is 111 cm³/mol. The lowest BCUT2D eigenvalue weighted by molar-refractivity contribution is 0.0130. The molecular formula is C18H37ClN4O6. The van der Waals surface area contributed by atoms with Crippen molar-refractivity contribution >= 4 is 24.6 Å². The molecule has 0 radical (unpaired) electrons. The summed E-state index contributed by atoms with van der Waals surface area (Å²) in [5, 5.41) is 0. The van der Waals surface area contributed by atoms with Gasteiger partial charge in [-0.2, -0.15) is 0 Å². The van der Waals surface area contributed by atoms with Crippen LogP contribution in [0.15, 0.2) is 0 Å². The van der Waals surface area contributed by atoms with E-state index >= 15 is 0 Å². The molecule has 2 aliphatic rings. The van der Waals surface area contributed by atoms with Gasteiger partial charge in [0.15, 0.2) is 0 Å². The number of carbonyl (C=O) groups is 2. The quantitative estimate of drug-likeness (QED) is 0.656. The maximum absolute atomic E-state index is 11.4. The van der Waals surface area contributed by atoms with Gasteiger partial charge in [0, 0.05) is 39.4 Å². The van der Waals surface area contributed by atoms with Crippen LogP contribution in [0.2, 0.25) is 0 Å². The van der Waals surface area contributed by atoms with Gasteiger partial charge in [0.25, 0.3) is 0 Å². The minimum Gasteiger partial charge on any atom is -0.450 e. The number of piperidine rings is 2. The van der Waals surface area contributed by atoms with Crippen LogP contribution < -0.4 is 11.5 Å². The Hall–Kier alpha value is -1.33. The van der Waals surface area contributed by atoms with Crippen LogP contribution in [-0.4, -0.2) is 99.9 Å². The van der Waals surface area contributed by atoms with Crippen LogP contribution in [0.4, 0.5) is 9.59 Å². The molecule has 0 saturated carbocycles. The Balaban J connectivity index is 0.000000523. The van der Waals surface area contributed by atoms with Crippen molar-refractivity contribution in [2.24, 2.45) is 11.5 Å². The standard InChI is InChI=1S/2C9H18N2O3.ClH/c2*1-3-14-9(12)11-5-4-7(10)8(6-11)13-2;/h2*7-8H,3-6,10H2,1-2H3;1H. The summed E-state index contributed by atoms with van der Waals surface area (Å²) in [5.41, 5.74) is 11.6. The Morgan fingerprint density at radius 3 is 1.45 bits per heavy atom. The summed E-state index contributed by atoms with van der Waals surface area (Å²) < 4.78 is 20.2. The molecule has 2 aliphatic heterocycles. The molecule has 2 heterocycles. The predicted octanol–water partition coefficient (Wildman–Crippen LogP) is 0.804. The summed E-state index contributed by atoms with van der Waals surface area (Å²) in [6.45, 7) is 6.74. The molecule has 0 aromatic rings. The molecule has 4 atom stereocenters. The van der Waals surface area contributed by atoms with E-state index in [0.717, 1.165) is 12.8 Å². The molecule has 0 bridgehead atoms. The first-order valence-electron chi connectivity index (χ1n) is 9.77. The average molecular weight is 441 g/mol. The van der Waals surface area contributed by atoms with Crippen molar-refractivity contribution in [3.8, 4) is 0 Å². The summed E-state index contributed by atoms with van der Waals surface area (Å²) in [7, 11) is 3.22. The number of nitrogens with two attached hydrogens (primary N) is 2. The Kier molecular flexibility index (Phi) is 14.0. The number of halogens is 1. The van der Waals surface area contributed by atoms with E-state index in [1.54, 1.807) is 37.9 Å². The highest BCUT2D eigenvalue weighted by Crippen LogP contribution is 2.13. The van der Waals surface area contributed by atoms with Crippen LogP contribution in [-0.2, 0) is 18.9 Å². The number of likely N-dealkylation sites (tertiary alicyclic amines) is 2. The molecule has 29 heavy (non-hydrogen) atoms. The van der Waals surface area contributed by atoms with Gasteiger partial charge >= 0.3 is 12.2 Å². The van der Waals surface area contributed by atoms with Crippen LogP contribution in [0.5, 0.6) is 0 Å². The molecule has 4 unspecified atom stereocenters. The number of hydrogen-bond donors (Lipinski definition) is 2. The lowest BCUT2D eigenvalue weighted by Crippen LogP contribution is -2.53. The Labute approximate surface area is 179 Å². The first kappa shape index (κ1) is 27.7. The zero-order valence-corrected chi connectivity index (χ0v) is 18.7. The largest absolute Gasteiger partial charge is 0.450 e. The SMILES string of the molecule is CCOC(=O)N1CCC(N)C(OC)C1.CCOC(=O)N1CCC(N)C(OC)C1.Cl. The van der Waals surface area contributed by atoms with E-state index in [0.29, 0.717) is 39.4 Å². The highest BCUT2D eigenvalue weighted by molar-refractivity contribution is 5.85. The van der Waals surface area contributed by atoms with Crippen LogP contribution in [0.1, 0.15) is 26.7 Å². The molecule has 2 rings (SSSR count). The molecule has 10 nitrogen and oxygen atoms in total. The summed E-state index contributed by atoms with van der Waals surface area (Å²) in [5.74, 6) is 0. The van der Waals surface area contributed by atoms with Crippen molar-refractivity contribution in [3.05, 3.63) is 0 Å². The summed E-state index contributed by atoms with van der Waals surface area (Å²) >= 11 is 0. The second-order valence-electron chi connectivity index (χ2n) is 6.74. The van der Waals surface area contributed by atoms with E-state index in [-0.39, 0.29) is 48.9 Å². The van der Waals surface area contributed by atoms with Crippen LogP contribution >= 0.6 is 12.4 Å². The lowest BCUT2D eigenvalue weighted by Gasteiger charge is -2.35. The molecule has 2 fully saturated rings. The third-order valence-electron chi connectivity index (χ3n) is 4.88. The van der Waals surface area contributed by atoms with Crippen molar-refractivity contribution in [1.29, 1.82) is 0 Å². The second-order valence-corrected chi connectivity index (χ2v) is 6.74. The molecule has 11 heteroatoms. The van der Waals surface area contributed by atoms with Gasteiger partial charge in [0.1, 0.15) is 0 Å². The number of rotatable bonds is 4. The number of ether oxygens (including phenoxy) is 4. The zero-order valence-electron chi connectivity index (χ0n) is 17.9. The van der Waals surface area contributed by atoms with Crippen molar-refractivity contribution in [2.45, 2.75) is 51.0 Å². The van der Waals surface area contributed by atoms with Gasteiger partial charge in [-0.25, -0.2) is 9.59 Å². The molecule has 2 amide bonds. The monoisotopic (exact) mass is 440 g/mol. The topological polar surface area (TPSA) is 130 Å². The first-order valence-corrected chi connectivity index (χ1v) is 9.77. The molecule has 0 spiro atoms. The van der Waals surface area contributed by atoms with Crippen LogP contribution in [0, 0.1) is 0 Å². The van der Waals surface area contributed by atoms with E-state index in [1.165, 1.54) is 0 Å². The number of hydrogen-bond acceptors (Lipinski definition) is 8. The van der Waals surface area contributed by atoms with E-state index in [2.05, 4.69) is 0 Å². The Bertz CT molecular complexity index is 445. The molecule has 2 saturated heterocycles. The molecule has 172 valence electrons. The normalized spacial score (nSPS) is 26.6. The van der Waals surface area contributed by atoms with Gasteiger partial charge in [-0.05, 0) is 26.7 Å². The third kappa shape index (κ3) is 8.91. The highest BCUT2D eigenvalue weighted by Gasteiger charge is 2.30. The summed E-state index contributed by atoms with van der Waals surface area (Å²) in [4.78, 5) is 26.0. The van der Waals surface area contributed by atoms with Gasteiger partial charge in [0.05, 0.1) is 38.5 Å². The van der Waals surface area contributed by atoms with Gasteiger partial charge in [0.2, 0.25) is 0 Å². The fourth-order valence-electron chi connectivity index (χ4n) is 3.13. The van der Waals surface area contributed by atoms with Gasteiger partial charge in [-0.3, -0.25) is 0 Å². The van der Waals surface area contributed by atoms with E-state index in [4.69, 9.17) is 30.4 Å². The van der Waals surface area contributed by atoms with Crippen LogP contribution in [0.25, 0.3) is 0 Å². The molecular weight excluding hydrogens is 404 g/mol. The van der Waals surface area contributed by atoms with Crippen LogP contribution in [0.3, 0.4) is 0 Å². The number of nitrogens with zero attached hydrogens (tertiary/aromatic N) is 2. The van der Waals surface area contributed by atoms with Gasteiger partial charge in [-0.1, -0.05) is 0 Å². The summed E-state index contributed by atoms with van der Waals surface area (Å²) in [6, 6.07) is 0.0383. The van der Waals surface area contributed by atoms with Crippen molar-refractivity contribution in [1.82, 2.24) is 9.80 Å². The summed E-state index contributed by atoms with van der Waals surface area (Å²) in [6.07, 6.45) is 0.818. The van der Waals surface area contributed by atoms with Gasteiger partial charge in [-0.15, -0.1) is 12.4 Å². The van der Waals surface area contributed by atoms with Crippen molar-refractivity contribution < 1.29 is 28.5 Å². The molecule has 0 aromatic heterocycles. The smallest absolute Gasteiger partial charge is 0.409 e. The molecule has 4 N–H and O–H groups in total. The second kappa shape index (κ2) is 14.6. The lowest BCUT2D eigenvalue weighted by atomic mass is 10.0. The zero-order chi connectivity index (χ0) is 21.1. The maximum Gasteiger partial charge on any atom is 0.409 e. The molecule has 0 aromatic carbocycles. The number of methoxy groups -OCH3 is 2. The van der Waals surface area contributed by atoms with E-state index < -0.39 is 0 Å². The first-order chi connectivity index (χ1) is 13.4. The van der Waals surface area contributed by atoms with Crippen molar-refractivity contribution in [3.63, 3.8) is 0 Å². The average Bonchev–Trinajstić information content (AvgIpc) is 2.69.